The van der Waals surface area contributed by atoms with Crippen LogP contribution in [0.25, 0.3) is 0 Å². The molecule has 1 heterocycles. The molecule has 1 aromatic carbocycles. The Morgan fingerprint density at radius 2 is 2.13 bits per heavy atom. The first kappa shape index (κ1) is 15.9. The molecule has 0 radical (unpaired) electrons. The number of fused-ring (bicyclic) bond motifs is 1. The fourth-order valence-electron chi connectivity index (χ4n) is 3.45. The van der Waals surface area contributed by atoms with Gasteiger partial charge < -0.3 is 24.4 Å². The second-order valence-corrected chi connectivity index (χ2v) is 5.95. The van der Waals surface area contributed by atoms with Crippen LogP contribution in [0.3, 0.4) is 0 Å². The summed E-state index contributed by atoms with van der Waals surface area (Å²) >= 11 is 0. The smallest absolute Gasteiger partial charge is 0.318 e. The van der Waals surface area contributed by atoms with E-state index in [1.165, 1.54) is 0 Å². The SMILES string of the molecule is COc1ccc(CNC(=O)N2CCO[C@@H]3CCC[C@H]32)cc1OC. The Morgan fingerprint density at radius 3 is 2.91 bits per heavy atom. The molecule has 23 heavy (non-hydrogen) atoms. The molecule has 6 heteroatoms. The van der Waals surface area contributed by atoms with Crippen LogP contribution < -0.4 is 14.8 Å². The average Bonchev–Trinajstić information content (AvgIpc) is 3.07. The monoisotopic (exact) mass is 320 g/mol. The van der Waals surface area contributed by atoms with Gasteiger partial charge in [0.2, 0.25) is 0 Å². The molecule has 126 valence electrons. The molecule has 1 N–H and O–H groups in total. The molecule has 2 fully saturated rings. The number of nitrogens with one attached hydrogen (secondary N) is 1. The topological polar surface area (TPSA) is 60.0 Å². The van der Waals surface area contributed by atoms with Crippen LogP contribution in [0, 0.1) is 0 Å². The van der Waals surface area contributed by atoms with Gasteiger partial charge in [0.15, 0.2) is 11.5 Å². The van der Waals surface area contributed by atoms with Gasteiger partial charge in [0.05, 0.1) is 33.0 Å². The van der Waals surface area contributed by atoms with Crippen LogP contribution in [0.2, 0.25) is 0 Å². The van der Waals surface area contributed by atoms with E-state index in [4.69, 9.17) is 14.2 Å². The summed E-state index contributed by atoms with van der Waals surface area (Å²) < 4.78 is 16.3. The summed E-state index contributed by atoms with van der Waals surface area (Å²) in [4.78, 5) is 14.4. The highest BCUT2D eigenvalue weighted by molar-refractivity contribution is 5.74. The van der Waals surface area contributed by atoms with E-state index in [1.807, 2.05) is 23.1 Å². The van der Waals surface area contributed by atoms with E-state index in [-0.39, 0.29) is 18.2 Å². The van der Waals surface area contributed by atoms with Crippen molar-refractivity contribution >= 4 is 6.03 Å². The molecule has 0 unspecified atom stereocenters. The van der Waals surface area contributed by atoms with Crippen molar-refractivity contribution < 1.29 is 19.0 Å². The first-order chi connectivity index (χ1) is 11.2. The third kappa shape index (κ3) is 3.37. The Hall–Kier alpha value is -1.95. The van der Waals surface area contributed by atoms with Gasteiger partial charge in [0, 0.05) is 13.1 Å². The second kappa shape index (κ2) is 7.08. The Morgan fingerprint density at radius 1 is 1.30 bits per heavy atom. The summed E-state index contributed by atoms with van der Waals surface area (Å²) in [5, 5.41) is 3.01. The second-order valence-electron chi connectivity index (χ2n) is 5.95. The average molecular weight is 320 g/mol. The number of ether oxygens (including phenoxy) is 3. The number of rotatable bonds is 4. The summed E-state index contributed by atoms with van der Waals surface area (Å²) in [6, 6.07) is 5.88. The van der Waals surface area contributed by atoms with Crippen molar-refractivity contribution in [3.05, 3.63) is 23.8 Å². The molecule has 1 aromatic rings. The molecule has 3 rings (SSSR count). The first-order valence-electron chi connectivity index (χ1n) is 8.10. The van der Waals surface area contributed by atoms with Crippen molar-refractivity contribution in [2.24, 2.45) is 0 Å². The van der Waals surface area contributed by atoms with Crippen LogP contribution in [-0.2, 0) is 11.3 Å². The van der Waals surface area contributed by atoms with Gasteiger partial charge in [0.25, 0.3) is 0 Å². The van der Waals surface area contributed by atoms with Crippen molar-refractivity contribution in [3.8, 4) is 11.5 Å². The molecule has 1 aliphatic heterocycles. The zero-order valence-corrected chi connectivity index (χ0v) is 13.7. The molecule has 1 saturated heterocycles. The van der Waals surface area contributed by atoms with Crippen molar-refractivity contribution in [3.63, 3.8) is 0 Å². The van der Waals surface area contributed by atoms with Gasteiger partial charge in [-0.25, -0.2) is 4.79 Å². The number of hydrogen-bond donors (Lipinski definition) is 1. The Balaban J connectivity index is 1.60. The van der Waals surface area contributed by atoms with Gasteiger partial charge in [-0.2, -0.15) is 0 Å². The summed E-state index contributed by atoms with van der Waals surface area (Å²) in [6.07, 6.45) is 3.45. The summed E-state index contributed by atoms with van der Waals surface area (Å²) in [7, 11) is 3.21. The summed E-state index contributed by atoms with van der Waals surface area (Å²) in [5.41, 5.74) is 0.979. The van der Waals surface area contributed by atoms with Crippen LogP contribution in [0.4, 0.5) is 4.79 Å². The lowest BCUT2D eigenvalue weighted by Crippen LogP contribution is -2.54. The number of nitrogens with zero attached hydrogens (tertiary/aromatic N) is 1. The standard InChI is InChI=1S/C17H24N2O4/c1-21-15-7-6-12(10-16(15)22-2)11-18-17(20)19-8-9-23-14-5-3-4-13(14)19/h6-7,10,13-14H,3-5,8-9,11H2,1-2H3,(H,18,20)/t13-,14-/m1/s1. The van der Waals surface area contributed by atoms with Gasteiger partial charge >= 0.3 is 6.03 Å². The first-order valence-corrected chi connectivity index (χ1v) is 8.10. The molecule has 2 aliphatic rings. The zero-order chi connectivity index (χ0) is 16.2. The van der Waals surface area contributed by atoms with Gasteiger partial charge in [-0.1, -0.05) is 6.07 Å². The lowest BCUT2D eigenvalue weighted by atomic mass is 10.1. The zero-order valence-electron chi connectivity index (χ0n) is 13.7. The number of methoxy groups -OCH3 is 2. The number of carbonyl (C=O) groups excluding carboxylic acids is 1. The number of hydrogen-bond acceptors (Lipinski definition) is 4. The van der Waals surface area contributed by atoms with Crippen molar-refractivity contribution in [1.29, 1.82) is 0 Å². The van der Waals surface area contributed by atoms with Crippen LogP contribution >= 0.6 is 0 Å². The molecule has 2 amide bonds. The highest BCUT2D eigenvalue weighted by Gasteiger charge is 2.38. The summed E-state index contributed by atoms with van der Waals surface area (Å²) in [5.74, 6) is 1.35. The van der Waals surface area contributed by atoms with Gasteiger partial charge in [0.1, 0.15) is 0 Å². The van der Waals surface area contributed by atoms with E-state index < -0.39 is 0 Å². The van der Waals surface area contributed by atoms with E-state index >= 15 is 0 Å². The number of benzene rings is 1. The molecule has 0 spiro atoms. The van der Waals surface area contributed by atoms with E-state index in [0.717, 1.165) is 24.8 Å². The van der Waals surface area contributed by atoms with Gasteiger partial charge in [-0.15, -0.1) is 0 Å². The minimum atomic E-state index is -0.0139. The molecule has 0 aromatic heterocycles. The predicted molar refractivity (Wildman–Crippen MR) is 85.9 cm³/mol. The summed E-state index contributed by atoms with van der Waals surface area (Å²) in [6.45, 7) is 1.76. The van der Waals surface area contributed by atoms with Gasteiger partial charge in [-0.05, 0) is 37.0 Å². The third-order valence-electron chi connectivity index (χ3n) is 4.63. The lowest BCUT2D eigenvalue weighted by molar-refractivity contribution is -0.0383. The predicted octanol–water partition coefficient (Wildman–Crippen LogP) is 2.17. The molecule has 1 saturated carbocycles. The van der Waals surface area contributed by atoms with Crippen molar-refractivity contribution in [1.82, 2.24) is 10.2 Å². The molecule has 2 atom stereocenters. The molecular weight excluding hydrogens is 296 g/mol. The number of amides is 2. The number of carbonyl (C=O) groups is 1. The van der Waals surface area contributed by atoms with Crippen molar-refractivity contribution in [2.45, 2.75) is 38.0 Å². The lowest BCUT2D eigenvalue weighted by Gasteiger charge is -2.37. The van der Waals surface area contributed by atoms with Crippen LogP contribution in [0.15, 0.2) is 18.2 Å². The third-order valence-corrected chi connectivity index (χ3v) is 4.63. The van der Waals surface area contributed by atoms with E-state index in [2.05, 4.69) is 5.32 Å². The minimum Gasteiger partial charge on any atom is -0.493 e. The normalized spacial score (nSPS) is 23.3. The maximum Gasteiger partial charge on any atom is 0.318 e. The Labute approximate surface area is 136 Å². The minimum absolute atomic E-state index is 0.0139. The highest BCUT2D eigenvalue weighted by Crippen LogP contribution is 2.30. The van der Waals surface area contributed by atoms with Crippen LogP contribution in [0.1, 0.15) is 24.8 Å². The molecule has 6 nitrogen and oxygen atoms in total. The van der Waals surface area contributed by atoms with E-state index in [0.29, 0.717) is 31.2 Å². The van der Waals surface area contributed by atoms with E-state index in [9.17, 15) is 4.79 Å². The molecule has 0 bridgehead atoms. The molecular formula is C17H24N2O4. The number of urea groups is 1. The fraction of sp³-hybridized carbons (Fsp3) is 0.588. The van der Waals surface area contributed by atoms with Gasteiger partial charge in [-0.3, -0.25) is 0 Å². The van der Waals surface area contributed by atoms with Crippen LogP contribution in [-0.4, -0.2) is 50.4 Å². The maximum absolute atomic E-state index is 12.5. The van der Waals surface area contributed by atoms with Crippen LogP contribution in [0.5, 0.6) is 11.5 Å². The largest absolute Gasteiger partial charge is 0.493 e. The Kier molecular flexibility index (Phi) is 4.91. The fourth-order valence-corrected chi connectivity index (χ4v) is 3.45. The quantitative estimate of drug-likeness (QED) is 0.923. The maximum atomic E-state index is 12.5. The Bertz CT molecular complexity index is 564. The number of morpholine rings is 1. The highest BCUT2D eigenvalue weighted by atomic mass is 16.5. The van der Waals surface area contributed by atoms with E-state index in [1.54, 1.807) is 14.2 Å². The molecule has 1 aliphatic carbocycles. The van der Waals surface area contributed by atoms with Crippen molar-refractivity contribution in [2.75, 3.05) is 27.4 Å².